The monoisotopic (exact) mass is 260 g/mol. The molecule has 98 valence electrons. The predicted molar refractivity (Wildman–Crippen MR) is 57.0 cm³/mol. The Bertz CT molecular complexity index is 462. The Morgan fingerprint density at radius 2 is 2.00 bits per heavy atom. The van der Waals surface area contributed by atoms with E-state index in [9.17, 15) is 18.0 Å². The lowest BCUT2D eigenvalue weighted by Gasteiger charge is -2.16. The second-order valence-electron chi connectivity index (χ2n) is 4.00. The van der Waals surface area contributed by atoms with Crippen molar-refractivity contribution in [2.45, 2.75) is 25.4 Å². The number of benzene rings is 1. The summed E-state index contributed by atoms with van der Waals surface area (Å²) in [4.78, 5) is 11.1. The van der Waals surface area contributed by atoms with Crippen molar-refractivity contribution in [2.24, 2.45) is 0 Å². The third-order valence-corrected chi connectivity index (χ3v) is 2.60. The molecule has 0 aromatic heterocycles. The van der Waals surface area contributed by atoms with E-state index >= 15 is 0 Å². The maximum Gasteiger partial charge on any atom is 0.573 e. The molecule has 1 aromatic carbocycles. The van der Waals surface area contributed by atoms with Crippen LogP contribution in [0.4, 0.5) is 18.0 Å². The number of carbonyl (C=O) groups excluding carboxylic acids is 1. The molecular weight excluding hydrogens is 249 g/mol. The smallest absolute Gasteiger partial charge is 0.406 e. The summed E-state index contributed by atoms with van der Waals surface area (Å²) in [6.45, 7) is 1.76. The normalized spacial score (nSPS) is 23.4. The Morgan fingerprint density at radius 3 is 2.56 bits per heavy atom. The van der Waals surface area contributed by atoms with Crippen molar-refractivity contribution in [3.63, 3.8) is 0 Å². The van der Waals surface area contributed by atoms with E-state index in [-0.39, 0.29) is 23.9 Å². The van der Waals surface area contributed by atoms with Gasteiger partial charge < -0.3 is 15.4 Å². The van der Waals surface area contributed by atoms with Gasteiger partial charge in [0.15, 0.2) is 0 Å². The molecule has 2 amide bonds. The van der Waals surface area contributed by atoms with Crippen LogP contribution in [-0.2, 0) is 0 Å². The zero-order chi connectivity index (χ0) is 13.3. The summed E-state index contributed by atoms with van der Waals surface area (Å²) in [5, 5.41) is 5.24. The second-order valence-corrected chi connectivity index (χ2v) is 4.00. The predicted octanol–water partition coefficient (Wildman–Crippen LogP) is 2.33. The molecule has 1 heterocycles. The average molecular weight is 260 g/mol. The van der Waals surface area contributed by atoms with Crippen LogP contribution in [0, 0.1) is 0 Å². The molecule has 2 N–H and O–H groups in total. The first-order chi connectivity index (χ1) is 8.35. The Balaban J connectivity index is 2.19. The van der Waals surface area contributed by atoms with Crippen LogP contribution >= 0.6 is 0 Å². The first-order valence-corrected chi connectivity index (χ1v) is 5.28. The molecular formula is C11H11F3N2O2. The van der Waals surface area contributed by atoms with Gasteiger partial charge in [-0.15, -0.1) is 13.2 Å². The highest BCUT2D eigenvalue weighted by molar-refractivity contribution is 5.77. The Hall–Kier alpha value is -1.92. The first-order valence-electron chi connectivity index (χ1n) is 5.28. The van der Waals surface area contributed by atoms with Gasteiger partial charge in [0.25, 0.3) is 0 Å². The highest BCUT2D eigenvalue weighted by Gasteiger charge is 2.32. The quantitative estimate of drug-likeness (QED) is 0.857. The number of hydrogen-bond donors (Lipinski definition) is 2. The molecule has 0 spiro atoms. The zero-order valence-electron chi connectivity index (χ0n) is 9.41. The van der Waals surface area contributed by atoms with Crippen molar-refractivity contribution >= 4 is 6.03 Å². The molecule has 0 aliphatic carbocycles. The molecule has 0 radical (unpaired) electrons. The molecule has 4 nitrogen and oxygen atoms in total. The van der Waals surface area contributed by atoms with E-state index in [4.69, 9.17) is 0 Å². The number of ether oxygens (including phenoxy) is 1. The molecule has 1 fully saturated rings. The third-order valence-electron chi connectivity index (χ3n) is 2.60. The van der Waals surface area contributed by atoms with Gasteiger partial charge in [-0.2, -0.15) is 0 Å². The van der Waals surface area contributed by atoms with Gasteiger partial charge in [0.2, 0.25) is 0 Å². The van der Waals surface area contributed by atoms with E-state index in [1.165, 1.54) is 18.2 Å². The lowest BCUT2D eigenvalue weighted by atomic mass is 10.0. The molecule has 1 aliphatic rings. The molecule has 0 bridgehead atoms. The summed E-state index contributed by atoms with van der Waals surface area (Å²) >= 11 is 0. The van der Waals surface area contributed by atoms with E-state index in [1.54, 1.807) is 13.0 Å². The molecule has 1 saturated heterocycles. The fourth-order valence-electron chi connectivity index (χ4n) is 1.88. The van der Waals surface area contributed by atoms with E-state index in [0.29, 0.717) is 5.56 Å². The van der Waals surface area contributed by atoms with Gasteiger partial charge in [0, 0.05) is 0 Å². The molecule has 2 atom stereocenters. The number of amides is 2. The first kappa shape index (κ1) is 12.5. The fraction of sp³-hybridized carbons (Fsp3) is 0.364. The molecule has 1 aromatic rings. The maximum atomic E-state index is 12.1. The SMILES string of the molecule is CC1NC(=O)NC1c1cccc(OC(F)(F)F)c1. The van der Waals surface area contributed by atoms with Crippen LogP contribution in [0.5, 0.6) is 5.75 Å². The standard InChI is InChI=1S/C11H11F3N2O2/c1-6-9(16-10(17)15-6)7-3-2-4-8(5-7)18-11(12,13)14/h2-6,9H,1H3,(H2,15,16,17). The molecule has 0 saturated carbocycles. The van der Waals surface area contributed by atoms with E-state index in [2.05, 4.69) is 15.4 Å². The van der Waals surface area contributed by atoms with Crippen molar-refractivity contribution in [3.8, 4) is 5.75 Å². The average Bonchev–Trinajstić information content (AvgIpc) is 2.55. The minimum Gasteiger partial charge on any atom is -0.406 e. The van der Waals surface area contributed by atoms with Gasteiger partial charge >= 0.3 is 12.4 Å². The summed E-state index contributed by atoms with van der Waals surface area (Å²) in [5.41, 5.74) is 0.558. The van der Waals surface area contributed by atoms with E-state index < -0.39 is 6.36 Å². The summed E-state index contributed by atoms with van der Waals surface area (Å²) in [7, 11) is 0. The van der Waals surface area contributed by atoms with Crippen LogP contribution in [-0.4, -0.2) is 18.4 Å². The van der Waals surface area contributed by atoms with Gasteiger partial charge in [-0.1, -0.05) is 12.1 Å². The fourth-order valence-corrected chi connectivity index (χ4v) is 1.88. The van der Waals surface area contributed by atoms with Crippen molar-refractivity contribution in [2.75, 3.05) is 0 Å². The van der Waals surface area contributed by atoms with E-state index in [1.807, 2.05) is 0 Å². The maximum absolute atomic E-state index is 12.1. The summed E-state index contributed by atoms with van der Waals surface area (Å²) in [6.07, 6.45) is -4.72. The largest absolute Gasteiger partial charge is 0.573 e. The molecule has 18 heavy (non-hydrogen) atoms. The topological polar surface area (TPSA) is 50.4 Å². The summed E-state index contributed by atoms with van der Waals surface area (Å²) in [5.74, 6) is -0.298. The highest BCUT2D eigenvalue weighted by atomic mass is 19.4. The van der Waals surface area contributed by atoms with Crippen LogP contribution in [0.25, 0.3) is 0 Å². The van der Waals surface area contributed by atoms with Crippen LogP contribution in [0.2, 0.25) is 0 Å². The number of carbonyl (C=O) groups is 1. The van der Waals surface area contributed by atoms with Crippen molar-refractivity contribution in [3.05, 3.63) is 29.8 Å². The van der Waals surface area contributed by atoms with Gasteiger partial charge in [-0.05, 0) is 24.6 Å². The Kier molecular flexibility index (Phi) is 3.06. The number of hydrogen-bond acceptors (Lipinski definition) is 2. The lowest BCUT2D eigenvalue weighted by Crippen LogP contribution is -2.24. The van der Waals surface area contributed by atoms with Crippen LogP contribution < -0.4 is 15.4 Å². The van der Waals surface area contributed by atoms with Gasteiger partial charge in [-0.25, -0.2) is 4.79 Å². The Morgan fingerprint density at radius 1 is 1.28 bits per heavy atom. The zero-order valence-corrected chi connectivity index (χ0v) is 9.41. The van der Waals surface area contributed by atoms with Crippen LogP contribution in [0.3, 0.4) is 0 Å². The Labute approximate surface area is 101 Å². The van der Waals surface area contributed by atoms with Crippen molar-refractivity contribution in [1.82, 2.24) is 10.6 Å². The minimum absolute atomic E-state index is 0.196. The highest BCUT2D eigenvalue weighted by Crippen LogP contribution is 2.27. The second kappa shape index (κ2) is 4.40. The summed E-state index contributed by atoms with van der Waals surface area (Å²) in [6, 6.07) is 4.67. The minimum atomic E-state index is -4.72. The number of nitrogens with one attached hydrogen (secondary N) is 2. The van der Waals surface area contributed by atoms with Crippen LogP contribution in [0.15, 0.2) is 24.3 Å². The molecule has 2 rings (SSSR count). The molecule has 7 heteroatoms. The van der Waals surface area contributed by atoms with Gasteiger partial charge in [0.1, 0.15) is 5.75 Å². The van der Waals surface area contributed by atoms with Gasteiger partial charge in [-0.3, -0.25) is 0 Å². The molecule has 1 aliphatic heterocycles. The van der Waals surface area contributed by atoms with Crippen molar-refractivity contribution < 1.29 is 22.7 Å². The number of alkyl halides is 3. The molecule has 2 unspecified atom stereocenters. The van der Waals surface area contributed by atoms with E-state index in [0.717, 1.165) is 0 Å². The lowest BCUT2D eigenvalue weighted by molar-refractivity contribution is -0.274. The van der Waals surface area contributed by atoms with Gasteiger partial charge in [0.05, 0.1) is 12.1 Å². The van der Waals surface area contributed by atoms with Crippen molar-refractivity contribution in [1.29, 1.82) is 0 Å². The number of urea groups is 1. The summed E-state index contributed by atoms with van der Waals surface area (Å²) < 4.78 is 40.1. The third kappa shape index (κ3) is 2.85. The number of rotatable bonds is 2. The number of halogens is 3. The van der Waals surface area contributed by atoms with Crippen LogP contribution in [0.1, 0.15) is 18.5 Å².